The van der Waals surface area contributed by atoms with Crippen molar-refractivity contribution in [1.29, 1.82) is 0 Å². The summed E-state index contributed by atoms with van der Waals surface area (Å²) >= 11 is 0. The van der Waals surface area contributed by atoms with Crippen LogP contribution in [-0.4, -0.2) is 16.1 Å². The lowest BCUT2D eigenvalue weighted by Gasteiger charge is -2.31. The number of para-hydroxylation sites is 1. The molecular formula is C31H33NO3. The highest BCUT2D eigenvalue weighted by Crippen LogP contribution is 2.64. The molecular weight excluding hydrogens is 434 g/mol. The standard InChI is InChI=1S/C31H33NO3/c1-17-11-19-21(13-25(17)33)31(15-28(19,2)3)16-29(4,5)20-12-23(26(34)14-22(20)31)30(6)18-9-7-8-10-24(18)32-27(30)35/h7-14,33-34H,15-16H2,1-6H3,(H,32,35). The van der Waals surface area contributed by atoms with Gasteiger partial charge >= 0.3 is 0 Å². The van der Waals surface area contributed by atoms with Gasteiger partial charge in [0.15, 0.2) is 0 Å². The minimum Gasteiger partial charge on any atom is -0.508 e. The molecule has 1 aliphatic heterocycles. The number of rotatable bonds is 1. The molecule has 3 aromatic rings. The fraction of sp³-hybridized carbons (Fsp3) is 0.387. The van der Waals surface area contributed by atoms with E-state index in [0.717, 1.165) is 35.2 Å². The number of amides is 1. The van der Waals surface area contributed by atoms with E-state index in [1.165, 1.54) is 16.7 Å². The number of hydrogen-bond acceptors (Lipinski definition) is 3. The highest BCUT2D eigenvalue weighted by atomic mass is 16.3. The highest BCUT2D eigenvalue weighted by Gasteiger charge is 2.57. The summed E-state index contributed by atoms with van der Waals surface area (Å²) in [5.74, 6) is 0.352. The Hall–Kier alpha value is -3.27. The maximum atomic E-state index is 13.3. The zero-order valence-electron chi connectivity index (χ0n) is 21.3. The van der Waals surface area contributed by atoms with Crippen LogP contribution in [0, 0.1) is 6.92 Å². The lowest BCUT2D eigenvalue weighted by atomic mass is 9.72. The second kappa shape index (κ2) is 6.48. The summed E-state index contributed by atoms with van der Waals surface area (Å²) < 4.78 is 0. The minimum atomic E-state index is -0.968. The number of carbonyl (C=O) groups is 1. The quantitative estimate of drug-likeness (QED) is 0.393. The van der Waals surface area contributed by atoms with Gasteiger partial charge in [-0.2, -0.15) is 0 Å². The molecule has 0 fully saturated rings. The Morgan fingerprint density at radius 3 is 1.94 bits per heavy atom. The molecule has 4 nitrogen and oxygen atoms in total. The summed E-state index contributed by atoms with van der Waals surface area (Å²) in [5, 5.41) is 25.2. The van der Waals surface area contributed by atoms with Gasteiger partial charge in [0.2, 0.25) is 5.91 Å². The van der Waals surface area contributed by atoms with Crippen molar-refractivity contribution in [2.45, 2.75) is 76.0 Å². The molecule has 2 aliphatic carbocycles. The molecule has 3 aromatic carbocycles. The molecule has 2 atom stereocenters. The number of aryl methyl sites for hydroxylation is 1. The molecule has 1 amide bonds. The van der Waals surface area contributed by atoms with Gasteiger partial charge in [0.1, 0.15) is 16.9 Å². The molecule has 0 bridgehead atoms. The van der Waals surface area contributed by atoms with Crippen molar-refractivity contribution in [1.82, 2.24) is 0 Å². The van der Waals surface area contributed by atoms with Gasteiger partial charge < -0.3 is 15.5 Å². The normalized spacial score (nSPS) is 27.0. The van der Waals surface area contributed by atoms with Gasteiger partial charge in [-0.15, -0.1) is 0 Å². The zero-order valence-corrected chi connectivity index (χ0v) is 21.3. The van der Waals surface area contributed by atoms with E-state index in [0.29, 0.717) is 11.3 Å². The zero-order chi connectivity index (χ0) is 25.1. The monoisotopic (exact) mass is 467 g/mol. The summed E-state index contributed by atoms with van der Waals surface area (Å²) in [7, 11) is 0. The molecule has 35 heavy (non-hydrogen) atoms. The Balaban J connectivity index is 1.61. The van der Waals surface area contributed by atoms with Gasteiger partial charge in [-0.25, -0.2) is 0 Å². The number of carbonyl (C=O) groups excluding carboxylic acids is 1. The summed E-state index contributed by atoms with van der Waals surface area (Å²) in [6, 6.07) is 15.8. The highest BCUT2D eigenvalue weighted by molar-refractivity contribution is 6.08. The molecule has 3 aliphatic rings. The molecule has 1 heterocycles. The van der Waals surface area contributed by atoms with E-state index >= 15 is 0 Å². The van der Waals surface area contributed by atoms with Crippen LogP contribution in [0.2, 0.25) is 0 Å². The van der Waals surface area contributed by atoms with Crippen molar-refractivity contribution in [3.8, 4) is 11.5 Å². The lowest BCUT2D eigenvalue weighted by Crippen LogP contribution is -2.33. The third-order valence-corrected chi connectivity index (χ3v) is 9.16. The van der Waals surface area contributed by atoms with Crippen LogP contribution in [0.15, 0.2) is 48.5 Å². The Morgan fingerprint density at radius 2 is 1.29 bits per heavy atom. The van der Waals surface area contributed by atoms with Crippen LogP contribution in [0.25, 0.3) is 0 Å². The smallest absolute Gasteiger partial charge is 0.239 e. The number of benzene rings is 3. The molecule has 0 aromatic heterocycles. The Labute approximate surface area is 207 Å². The van der Waals surface area contributed by atoms with Crippen molar-refractivity contribution < 1.29 is 15.0 Å². The number of anilines is 1. The number of phenols is 2. The number of hydrogen-bond donors (Lipinski definition) is 3. The molecule has 180 valence electrons. The molecule has 1 spiro atoms. The molecule has 4 heteroatoms. The van der Waals surface area contributed by atoms with Crippen molar-refractivity contribution in [3.63, 3.8) is 0 Å². The number of nitrogens with one attached hydrogen (secondary N) is 1. The first kappa shape index (κ1) is 22.2. The van der Waals surface area contributed by atoms with Gasteiger partial charge in [-0.3, -0.25) is 4.79 Å². The summed E-state index contributed by atoms with van der Waals surface area (Å²) in [6.07, 6.45) is 1.80. The third-order valence-electron chi connectivity index (χ3n) is 9.16. The maximum absolute atomic E-state index is 13.3. The van der Waals surface area contributed by atoms with E-state index in [1.807, 2.05) is 50.2 Å². The van der Waals surface area contributed by atoms with E-state index < -0.39 is 5.41 Å². The van der Waals surface area contributed by atoms with Gasteiger partial charge in [0.05, 0.1) is 0 Å². The first-order valence-corrected chi connectivity index (χ1v) is 12.5. The van der Waals surface area contributed by atoms with E-state index in [-0.39, 0.29) is 27.9 Å². The average Bonchev–Trinajstić information content (AvgIpc) is 3.25. The molecule has 3 N–H and O–H groups in total. The summed E-state index contributed by atoms with van der Waals surface area (Å²) in [4.78, 5) is 13.3. The van der Waals surface area contributed by atoms with E-state index in [4.69, 9.17) is 0 Å². The van der Waals surface area contributed by atoms with Gasteiger partial charge in [-0.05, 0) is 95.2 Å². The lowest BCUT2D eigenvalue weighted by molar-refractivity contribution is -0.119. The van der Waals surface area contributed by atoms with E-state index in [1.54, 1.807) is 0 Å². The average molecular weight is 468 g/mol. The molecule has 0 radical (unpaired) electrons. The number of phenolic OH excluding ortho intramolecular Hbond substituents is 2. The van der Waals surface area contributed by atoms with Crippen LogP contribution < -0.4 is 5.32 Å². The van der Waals surface area contributed by atoms with Crippen LogP contribution in [0.5, 0.6) is 11.5 Å². The Morgan fingerprint density at radius 1 is 0.714 bits per heavy atom. The summed E-state index contributed by atoms with van der Waals surface area (Å²) in [5.41, 5.74) is 6.47. The van der Waals surface area contributed by atoms with Crippen molar-refractivity contribution in [2.24, 2.45) is 0 Å². The van der Waals surface area contributed by atoms with Crippen LogP contribution >= 0.6 is 0 Å². The molecule has 6 rings (SSSR count). The maximum Gasteiger partial charge on any atom is 0.239 e. The predicted molar refractivity (Wildman–Crippen MR) is 139 cm³/mol. The predicted octanol–water partition coefficient (Wildman–Crippen LogP) is 6.31. The summed E-state index contributed by atoms with van der Waals surface area (Å²) in [6.45, 7) is 12.9. The van der Waals surface area contributed by atoms with Crippen molar-refractivity contribution in [2.75, 3.05) is 5.32 Å². The second-order valence-electron chi connectivity index (χ2n) is 12.4. The van der Waals surface area contributed by atoms with Gasteiger partial charge in [0, 0.05) is 16.7 Å². The van der Waals surface area contributed by atoms with Crippen molar-refractivity contribution >= 4 is 11.6 Å². The SMILES string of the molecule is Cc1cc2c(cc1O)C1(CC2(C)C)CC(C)(C)c2cc(C3(C)C(=O)Nc4ccccc43)c(O)cc21. The van der Waals surface area contributed by atoms with Crippen LogP contribution in [-0.2, 0) is 26.5 Å². The van der Waals surface area contributed by atoms with Crippen molar-refractivity contribution in [3.05, 3.63) is 87.5 Å². The van der Waals surface area contributed by atoms with Gasteiger partial charge in [0.25, 0.3) is 0 Å². The first-order valence-electron chi connectivity index (χ1n) is 12.5. The fourth-order valence-corrected chi connectivity index (χ4v) is 7.55. The number of fused-ring (bicyclic) bond motifs is 5. The second-order valence-corrected chi connectivity index (χ2v) is 12.4. The Kier molecular flexibility index (Phi) is 4.11. The minimum absolute atomic E-state index is 0.0595. The molecule has 0 saturated carbocycles. The Bertz CT molecular complexity index is 1450. The van der Waals surface area contributed by atoms with Gasteiger partial charge in [-0.1, -0.05) is 52.0 Å². The third kappa shape index (κ3) is 2.66. The van der Waals surface area contributed by atoms with E-state index in [2.05, 4.69) is 45.1 Å². The molecule has 2 unspecified atom stereocenters. The van der Waals surface area contributed by atoms with Crippen LogP contribution in [0.4, 0.5) is 5.69 Å². The molecule has 0 saturated heterocycles. The first-order chi connectivity index (χ1) is 16.3. The number of aromatic hydroxyl groups is 2. The fourth-order valence-electron chi connectivity index (χ4n) is 7.55. The van der Waals surface area contributed by atoms with E-state index in [9.17, 15) is 15.0 Å². The largest absolute Gasteiger partial charge is 0.508 e. The van der Waals surface area contributed by atoms with Crippen LogP contribution in [0.1, 0.15) is 86.4 Å². The van der Waals surface area contributed by atoms with Crippen LogP contribution in [0.3, 0.4) is 0 Å². The topological polar surface area (TPSA) is 69.6 Å².